The summed E-state index contributed by atoms with van der Waals surface area (Å²) < 4.78 is 13.5. The van der Waals surface area contributed by atoms with Gasteiger partial charge in [-0.2, -0.15) is 0 Å². The molecule has 0 radical (unpaired) electrons. The average Bonchev–Trinajstić information content (AvgIpc) is 2.40. The number of anilines is 1. The van der Waals surface area contributed by atoms with Crippen molar-refractivity contribution in [1.29, 1.82) is 0 Å². The number of carbonyl (C=O) groups is 1. The minimum absolute atomic E-state index is 0.130. The molecular formula is C14H13FN2O2. The monoisotopic (exact) mass is 260 g/mol. The molecule has 5 heteroatoms. The highest BCUT2D eigenvalue weighted by molar-refractivity contribution is 5.87. The van der Waals surface area contributed by atoms with Gasteiger partial charge in [0.15, 0.2) is 0 Å². The lowest BCUT2D eigenvalue weighted by Gasteiger charge is -2.08. The summed E-state index contributed by atoms with van der Waals surface area (Å²) in [5, 5.41) is 11.7. The van der Waals surface area contributed by atoms with Crippen molar-refractivity contribution in [3.63, 3.8) is 0 Å². The van der Waals surface area contributed by atoms with Gasteiger partial charge in [-0.15, -0.1) is 0 Å². The van der Waals surface area contributed by atoms with Crippen molar-refractivity contribution in [2.75, 3.05) is 5.32 Å². The van der Waals surface area contributed by atoms with Crippen LogP contribution in [0.5, 0.6) is 0 Å². The summed E-state index contributed by atoms with van der Waals surface area (Å²) in [5.74, 6) is -1.34. The van der Waals surface area contributed by atoms with Crippen LogP contribution in [0.2, 0.25) is 0 Å². The number of aromatic carboxylic acids is 1. The molecule has 2 aromatic rings. The average molecular weight is 260 g/mol. The summed E-state index contributed by atoms with van der Waals surface area (Å²) in [5.41, 5.74) is 2.14. The van der Waals surface area contributed by atoms with Crippen molar-refractivity contribution >= 4 is 11.7 Å². The van der Waals surface area contributed by atoms with E-state index in [1.165, 1.54) is 18.3 Å². The third kappa shape index (κ3) is 3.28. The summed E-state index contributed by atoms with van der Waals surface area (Å²) in [6.45, 7) is 2.21. The lowest BCUT2D eigenvalue weighted by Crippen LogP contribution is -2.05. The number of hydrogen-bond donors (Lipinski definition) is 2. The molecule has 0 bridgehead atoms. The Morgan fingerprint density at radius 1 is 1.37 bits per heavy atom. The molecular weight excluding hydrogens is 247 g/mol. The van der Waals surface area contributed by atoms with Crippen LogP contribution < -0.4 is 5.32 Å². The minimum atomic E-state index is -1.02. The maximum atomic E-state index is 13.5. The molecule has 2 rings (SSSR count). The predicted octanol–water partition coefficient (Wildman–Crippen LogP) is 2.84. The van der Waals surface area contributed by atoms with E-state index in [0.29, 0.717) is 17.9 Å². The Balaban J connectivity index is 2.06. The van der Waals surface area contributed by atoms with Gasteiger partial charge >= 0.3 is 5.97 Å². The first-order chi connectivity index (χ1) is 9.06. The van der Waals surface area contributed by atoms with Crippen LogP contribution in [0.15, 0.2) is 36.5 Å². The number of carboxylic acid groups (broad SMARTS) is 1. The smallest absolute Gasteiger partial charge is 0.337 e. The maximum absolute atomic E-state index is 13.5. The molecule has 1 aromatic carbocycles. The van der Waals surface area contributed by atoms with Crippen LogP contribution in [0.4, 0.5) is 10.1 Å². The van der Waals surface area contributed by atoms with Gasteiger partial charge in [0.2, 0.25) is 0 Å². The van der Waals surface area contributed by atoms with Crippen LogP contribution in [0.1, 0.15) is 21.6 Å². The second kappa shape index (κ2) is 5.48. The van der Waals surface area contributed by atoms with Crippen LogP contribution in [-0.2, 0) is 6.54 Å². The summed E-state index contributed by atoms with van der Waals surface area (Å²) in [6.07, 6.45) is 1.28. The number of nitrogens with zero attached hydrogens (tertiary/aromatic N) is 1. The minimum Gasteiger partial charge on any atom is -0.478 e. The zero-order valence-electron chi connectivity index (χ0n) is 10.4. The third-order valence-corrected chi connectivity index (χ3v) is 2.65. The van der Waals surface area contributed by atoms with Crippen molar-refractivity contribution in [3.8, 4) is 0 Å². The van der Waals surface area contributed by atoms with Crippen LogP contribution in [0, 0.1) is 12.7 Å². The largest absolute Gasteiger partial charge is 0.478 e. The van der Waals surface area contributed by atoms with Gasteiger partial charge in [-0.25, -0.2) is 9.18 Å². The standard InChI is InChI=1S/C14H13FN2O2/c1-9-2-5-12(15)13(6-9)17-8-11-4-3-10(7-16-11)14(18)19/h2-7,17H,8H2,1H3,(H,18,19). The van der Waals surface area contributed by atoms with Crippen LogP contribution >= 0.6 is 0 Å². The van der Waals surface area contributed by atoms with Crippen molar-refractivity contribution in [3.05, 3.63) is 59.2 Å². The molecule has 98 valence electrons. The highest BCUT2D eigenvalue weighted by Gasteiger charge is 2.04. The Morgan fingerprint density at radius 3 is 2.79 bits per heavy atom. The fourth-order valence-corrected chi connectivity index (χ4v) is 1.62. The molecule has 0 fully saturated rings. The molecule has 0 aliphatic heterocycles. The number of pyridine rings is 1. The zero-order valence-corrected chi connectivity index (χ0v) is 10.4. The highest BCUT2D eigenvalue weighted by atomic mass is 19.1. The third-order valence-electron chi connectivity index (χ3n) is 2.65. The Hall–Kier alpha value is -2.43. The van der Waals surface area contributed by atoms with E-state index in [4.69, 9.17) is 5.11 Å². The first kappa shape index (κ1) is 13.0. The number of carboxylic acids is 1. The van der Waals surface area contributed by atoms with Gasteiger partial charge in [0, 0.05) is 6.20 Å². The summed E-state index contributed by atoms with van der Waals surface area (Å²) in [7, 11) is 0. The number of halogens is 1. The lowest BCUT2D eigenvalue weighted by atomic mass is 10.2. The normalized spacial score (nSPS) is 10.2. The van der Waals surface area contributed by atoms with E-state index in [2.05, 4.69) is 10.3 Å². The van der Waals surface area contributed by atoms with E-state index in [-0.39, 0.29) is 11.4 Å². The van der Waals surface area contributed by atoms with Crippen LogP contribution in [0.3, 0.4) is 0 Å². The molecule has 0 aliphatic carbocycles. The Labute approximate surface area is 109 Å². The van der Waals surface area contributed by atoms with E-state index in [1.54, 1.807) is 18.2 Å². The molecule has 1 aromatic heterocycles. The lowest BCUT2D eigenvalue weighted by molar-refractivity contribution is 0.0696. The van der Waals surface area contributed by atoms with Gasteiger partial charge in [0.05, 0.1) is 23.5 Å². The zero-order chi connectivity index (χ0) is 13.8. The summed E-state index contributed by atoms with van der Waals surface area (Å²) >= 11 is 0. The Kier molecular flexibility index (Phi) is 3.75. The van der Waals surface area contributed by atoms with Crippen LogP contribution in [0.25, 0.3) is 0 Å². The highest BCUT2D eigenvalue weighted by Crippen LogP contribution is 2.16. The van der Waals surface area contributed by atoms with Crippen LogP contribution in [-0.4, -0.2) is 16.1 Å². The van der Waals surface area contributed by atoms with Crippen molar-refractivity contribution in [2.24, 2.45) is 0 Å². The predicted molar refractivity (Wildman–Crippen MR) is 69.7 cm³/mol. The topological polar surface area (TPSA) is 62.2 Å². The molecule has 0 amide bonds. The molecule has 0 aliphatic rings. The fourth-order valence-electron chi connectivity index (χ4n) is 1.62. The number of rotatable bonds is 4. The second-order valence-electron chi connectivity index (χ2n) is 4.18. The molecule has 19 heavy (non-hydrogen) atoms. The Morgan fingerprint density at radius 2 is 2.16 bits per heavy atom. The maximum Gasteiger partial charge on any atom is 0.337 e. The second-order valence-corrected chi connectivity index (χ2v) is 4.18. The SMILES string of the molecule is Cc1ccc(F)c(NCc2ccc(C(=O)O)cn2)c1. The van der Waals surface area contributed by atoms with E-state index < -0.39 is 5.97 Å². The molecule has 0 spiro atoms. The first-order valence-electron chi connectivity index (χ1n) is 5.74. The van der Waals surface area contributed by atoms with Gasteiger partial charge in [-0.3, -0.25) is 4.98 Å². The fraction of sp³-hybridized carbons (Fsp3) is 0.143. The number of benzene rings is 1. The molecule has 2 N–H and O–H groups in total. The first-order valence-corrected chi connectivity index (χ1v) is 5.74. The van der Waals surface area contributed by atoms with Gasteiger partial charge in [-0.05, 0) is 36.8 Å². The number of aryl methyl sites for hydroxylation is 1. The van der Waals surface area contributed by atoms with Gasteiger partial charge in [-0.1, -0.05) is 6.07 Å². The summed E-state index contributed by atoms with van der Waals surface area (Å²) in [6, 6.07) is 7.88. The van der Waals surface area contributed by atoms with E-state index in [0.717, 1.165) is 5.56 Å². The molecule has 0 atom stereocenters. The van der Waals surface area contributed by atoms with Crippen molar-refractivity contribution < 1.29 is 14.3 Å². The molecule has 0 saturated carbocycles. The summed E-state index contributed by atoms with van der Waals surface area (Å²) in [4.78, 5) is 14.7. The van der Waals surface area contributed by atoms with E-state index in [1.807, 2.05) is 6.92 Å². The molecule has 0 saturated heterocycles. The molecule has 4 nitrogen and oxygen atoms in total. The van der Waals surface area contributed by atoms with Crippen molar-refractivity contribution in [2.45, 2.75) is 13.5 Å². The van der Waals surface area contributed by atoms with Crippen molar-refractivity contribution in [1.82, 2.24) is 4.98 Å². The number of aromatic nitrogens is 1. The van der Waals surface area contributed by atoms with Gasteiger partial charge in [0.25, 0.3) is 0 Å². The van der Waals surface area contributed by atoms with Gasteiger partial charge < -0.3 is 10.4 Å². The Bertz CT molecular complexity index is 597. The number of nitrogens with one attached hydrogen (secondary N) is 1. The molecule has 0 unspecified atom stereocenters. The van der Waals surface area contributed by atoms with Gasteiger partial charge in [0.1, 0.15) is 5.82 Å². The molecule has 1 heterocycles. The quantitative estimate of drug-likeness (QED) is 0.887. The number of hydrogen-bond acceptors (Lipinski definition) is 3. The van der Waals surface area contributed by atoms with E-state index >= 15 is 0 Å². The van der Waals surface area contributed by atoms with E-state index in [9.17, 15) is 9.18 Å².